The SMILES string of the molecule is O=C(O)c1cc(C2CCCC2)sn1. The van der Waals surface area contributed by atoms with Gasteiger partial charge in [0.25, 0.3) is 0 Å². The van der Waals surface area contributed by atoms with E-state index in [0.29, 0.717) is 5.92 Å². The fourth-order valence-corrected chi connectivity index (χ4v) is 2.68. The van der Waals surface area contributed by atoms with Crippen LogP contribution in [0, 0.1) is 0 Å². The van der Waals surface area contributed by atoms with E-state index in [0.717, 1.165) is 4.88 Å². The molecule has 3 nitrogen and oxygen atoms in total. The lowest BCUT2D eigenvalue weighted by molar-refractivity contribution is 0.0692. The van der Waals surface area contributed by atoms with Gasteiger partial charge in [0.15, 0.2) is 5.69 Å². The Labute approximate surface area is 80.6 Å². The summed E-state index contributed by atoms with van der Waals surface area (Å²) in [5, 5.41) is 8.69. The molecule has 1 aromatic heterocycles. The van der Waals surface area contributed by atoms with E-state index in [1.165, 1.54) is 37.2 Å². The second-order valence-electron chi connectivity index (χ2n) is 3.40. The summed E-state index contributed by atoms with van der Waals surface area (Å²) in [6, 6.07) is 1.73. The van der Waals surface area contributed by atoms with Crippen LogP contribution in [0.5, 0.6) is 0 Å². The highest BCUT2D eigenvalue weighted by atomic mass is 32.1. The molecule has 4 heteroatoms. The van der Waals surface area contributed by atoms with E-state index < -0.39 is 5.97 Å². The molecule has 13 heavy (non-hydrogen) atoms. The number of aromatic carboxylic acids is 1. The van der Waals surface area contributed by atoms with E-state index in [9.17, 15) is 4.79 Å². The third-order valence-electron chi connectivity index (χ3n) is 2.51. The second-order valence-corrected chi connectivity index (χ2v) is 4.24. The molecule has 0 spiro atoms. The summed E-state index contributed by atoms with van der Waals surface area (Å²) in [6.07, 6.45) is 4.93. The zero-order chi connectivity index (χ0) is 9.26. The van der Waals surface area contributed by atoms with Crippen molar-refractivity contribution in [3.63, 3.8) is 0 Å². The van der Waals surface area contributed by atoms with Gasteiger partial charge >= 0.3 is 5.97 Å². The number of carboxylic acid groups (broad SMARTS) is 1. The van der Waals surface area contributed by atoms with E-state index in [4.69, 9.17) is 5.11 Å². The highest BCUT2D eigenvalue weighted by molar-refractivity contribution is 7.06. The minimum atomic E-state index is -0.916. The Bertz CT molecular complexity index is 315. The second kappa shape index (κ2) is 3.46. The van der Waals surface area contributed by atoms with Crippen molar-refractivity contribution in [2.75, 3.05) is 0 Å². The average molecular weight is 197 g/mol. The molecule has 1 N–H and O–H groups in total. The van der Waals surface area contributed by atoms with Crippen LogP contribution in [0.2, 0.25) is 0 Å². The van der Waals surface area contributed by atoms with Crippen molar-refractivity contribution < 1.29 is 9.90 Å². The fourth-order valence-electron chi connectivity index (χ4n) is 1.79. The highest BCUT2D eigenvalue weighted by Crippen LogP contribution is 2.36. The maximum atomic E-state index is 10.6. The molecule has 1 aromatic rings. The number of hydrogen-bond acceptors (Lipinski definition) is 3. The topological polar surface area (TPSA) is 50.2 Å². The van der Waals surface area contributed by atoms with Crippen LogP contribution in [-0.4, -0.2) is 15.4 Å². The summed E-state index contributed by atoms with van der Waals surface area (Å²) in [5.74, 6) is -0.342. The van der Waals surface area contributed by atoms with Crippen molar-refractivity contribution in [1.29, 1.82) is 0 Å². The normalized spacial score (nSPS) is 17.8. The molecule has 70 valence electrons. The molecule has 1 aliphatic carbocycles. The minimum absolute atomic E-state index is 0.201. The maximum absolute atomic E-state index is 10.6. The molecule has 0 radical (unpaired) electrons. The number of rotatable bonds is 2. The van der Waals surface area contributed by atoms with Crippen molar-refractivity contribution in [3.05, 3.63) is 16.6 Å². The van der Waals surface area contributed by atoms with E-state index >= 15 is 0 Å². The quantitative estimate of drug-likeness (QED) is 0.792. The lowest BCUT2D eigenvalue weighted by atomic mass is 10.1. The number of nitrogens with zero attached hydrogens (tertiary/aromatic N) is 1. The van der Waals surface area contributed by atoms with Gasteiger partial charge in [-0.1, -0.05) is 12.8 Å². The van der Waals surface area contributed by atoms with Crippen LogP contribution in [0.1, 0.15) is 47.0 Å². The molecule has 1 fully saturated rings. The molecule has 0 amide bonds. The standard InChI is InChI=1S/C9H11NO2S/c11-9(12)7-5-8(13-10-7)6-3-1-2-4-6/h5-6H,1-4H2,(H,11,12). The Kier molecular flexibility index (Phi) is 2.31. The van der Waals surface area contributed by atoms with Gasteiger partial charge in [-0.25, -0.2) is 4.79 Å². The van der Waals surface area contributed by atoms with Gasteiger partial charge in [-0.05, 0) is 36.4 Å². The molecule has 1 heterocycles. The van der Waals surface area contributed by atoms with Crippen LogP contribution in [0.3, 0.4) is 0 Å². The van der Waals surface area contributed by atoms with Crippen LogP contribution < -0.4 is 0 Å². The molecule has 0 saturated heterocycles. The van der Waals surface area contributed by atoms with Gasteiger partial charge < -0.3 is 5.11 Å². The predicted octanol–water partition coefficient (Wildman–Crippen LogP) is 2.50. The Morgan fingerprint density at radius 2 is 2.23 bits per heavy atom. The van der Waals surface area contributed by atoms with Gasteiger partial charge in [-0.3, -0.25) is 0 Å². The third kappa shape index (κ3) is 1.72. The summed E-state index contributed by atoms with van der Waals surface area (Å²) < 4.78 is 3.90. The molecule has 0 aliphatic heterocycles. The van der Waals surface area contributed by atoms with Gasteiger partial charge in [0.1, 0.15) is 0 Å². The zero-order valence-electron chi connectivity index (χ0n) is 7.19. The Balaban J connectivity index is 2.16. The van der Waals surface area contributed by atoms with Crippen LogP contribution in [0.4, 0.5) is 0 Å². The van der Waals surface area contributed by atoms with Gasteiger partial charge in [-0.2, -0.15) is 4.37 Å². The summed E-state index contributed by atoms with van der Waals surface area (Å²) in [5.41, 5.74) is 0.201. The lowest BCUT2D eigenvalue weighted by Crippen LogP contribution is -1.95. The van der Waals surface area contributed by atoms with Gasteiger partial charge in [0, 0.05) is 4.88 Å². The molecular weight excluding hydrogens is 186 g/mol. The van der Waals surface area contributed by atoms with Crippen LogP contribution in [0.15, 0.2) is 6.07 Å². The smallest absolute Gasteiger partial charge is 0.355 e. The molecule has 1 aliphatic rings. The van der Waals surface area contributed by atoms with Gasteiger partial charge in [0.2, 0.25) is 0 Å². The molecule has 1 saturated carbocycles. The zero-order valence-corrected chi connectivity index (χ0v) is 8.01. The molecule has 0 bridgehead atoms. The Morgan fingerprint density at radius 1 is 1.54 bits per heavy atom. The largest absolute Gasteiger partial charge is 0.476 e. The summed E-state index contributed by atoms with van der Waals surface area (Å²) in [4.78, 5) is 11.7. The number of hydrogen-bond donors (Lipinski definition) is 1. The van der Waals surface area contributed by atoms with Gasteiger partial charge in [0.05, 0.1) is 0 Å². The Morgan fingerprint density at radius 3 is 2.77 bits per heavy atom. The van der Waals surface area contributed by atoms with Crippen molar-refractivity contribution >= 4 is 17.5 Å². The highest BCUT2D eigenvalue weighted by Gasteiger charge is 2.20. The monoisotopic (exact) mass is 197 g/mol. The lowest BCUT2D eigenvalue weighted by Gasteiger charge is -2.02. The molecule has 0 atom stereocenters. The van der Waals surface area contributed by atoms with E-state index in [1.54, 1.807) is 6.07 Å². The first-order valence-electron chi connectivity index (χ1n) is 4.47. The van der Waals surface area contributed by atoms with Crippen molar-refractivity contribution in [1.82, 2.24) is 4.37 Å². The summed E-state index contributed by atoms with van der Waals surface area (Å²) >= 11 is 1.34. The van der Waals surface area contributed by atoms with Crippen LogP contribution >= 0.6 is 11.5 Å². The maximum Gasteiger partial charge on any atom is 0.355 e. The van der Waals surface area contributed by atoms with E-state index in [2.05, 4.69) is 4.37 Å². The number of carbonyl (C=O) groups is 1. The molecule has 0 unspecified atom stereocenters. The molecule has 2 rings (SSSR count). The fraction of sp³-hybridized carbons (Fsp3) is 0.556. The Hall–Kier alpha value is -0.900. The first kappa shape index (κ1) is 8.69. The summed E-state index contributed by atoms with van der Waals surface area (Å²) in [6.45, 7) is 0. The van der Waals surface area contributed by atoms with E-state index in [-0.39, 0.29) is 5.69 Å². The number of carboxylic acids is 1. The van der Waals surface area contributed by atoms with Crippen molar-refractivity contribution in [2.24, 2.45) is 0 Å². The first-order chi connectivity index (χ1) is 6.27. The molecular formula is C9H11NO2S. The van der Waals surface area contributed by atoms with Crippen LogP contribution in [0.25, 0.3) is 0 Å². The summed E-state index contributed by atoms with van der Waals surface area (Å²) in [7, 11) is 0. The van der Waals surface area contributed by atoms with E-state index in [1.807, 2.05) is 0 Å². The van der Waals surface area contributed by atoms with Crippen molar-refractivity contribution in [2.45, 2.75) is 31.6 Å². The molecule has 0 aromatic carbocycles. The predicted molar refractivity (Wildman–Crippen MR) is 50.3 cm³/mol. The van der Waals surface area contributed by atoms with Gasteiger partial charge in [-0.15, -0.1) is 0 Å². The number of aromatic nitrogens is 1. The average Bonchev–Trinajstić information content (AvgIpc) is 2.75. The third-order valence-corrected chi connectivity index (χ3v) is 3.46. The first-order valence-corrected chi connectivity index (χ1v) is 5.24. The van der Waals surface area contributed by atoms with Crippen molar-refractivity contribution in [3.8, 4) is 0 Å². The minimum Gasteiger partial charge on any atom is -0.476 e. The van der Waals surface area contributed by atoms with Crippen LogP contribution in [-0.2, 0) is 0 Å².